The van der Waals surface area contributed by atoms with Crippen molar-refractivity contribution in [3.05, 3.63) is 24.3 Å². The summed E-state index contributed by atoms with van der Waals surface area (Å²) >= 11 is 0. The van der Waals surface area contributed by atoms with Gasteiger partial charge < -0.3 is 10.6 Å². The molecule has 1 aliphatic heterocycles. The summed E-state index contributed by atoms with van der Waals surface area (Å²) < 4.78 is 23.0. The summed E-state index contributed by atoms with van der Waals surface area (Å²) in [5.41, 5.74) is 7.03. The van der Waals surface area contributed by atoms with Gasteiger partial charge in [0.25, 0.3) is 0 Å². The van der Waals surface area contributed by atoms with Crippen LogP contribution in [0.25, 0.3) is 0 Å². The minimum Gasteiger partial charge on any atom is -0.399 e. The lowest BCUT2D eigenvalue weighted by molar-refractivity contribution is -0.119. The van der Waals surface area contributed by atoms with Gasteiger partial charge in [-0.25, -0.2) is 8.42 Å². The molecule has 0 bridgehead atoms. The fraction of sp³-hybridized carbons (Fsp3) is 0.500. The number of nitrogen functional groups attached to an aromatic ring is 1. The Hall–Kier alpha value is -1.60. The number of hydrogen-bond acceptors (Lipinski definition) is 5. The van der Waals surface area contributed by atoms with Crippen molar-refractivity contribution >= 4 is 27.1 Å². The predicted molar refractivity (Wildman–Crippen MR) is 84.0 cm³/mol. The van der Waals surface area contributed by atoms with Gasteiger partial charge in [0.2, 0.25) is 5.91 Å². The quantitative estimate of drug-likeness (QED) is 0.811. The summed E-state index contributed by atoms with van der Waals surface area (Å²) in [5, 5.41) is 0. The molecular formula is C14H21N3O3S. The van der Waals surface area contributed by atoms with Crippen LogP contribution in [0.1, 0.15) is 6.42 Å². The Morgan fingerprint density at radius 1 is 1.29 bits per heavy atom. The number of carbonyl (C=O) groups is 1. The molecular weight excluding hydrogens is 290 g/mol. The van der Waals surface area contributed by atoms with Gasteiger partial charge in [0, 0.05) is 24.5 Å². The lowest BCUT2D eigenvalue weighted by Crippen LogP contribution is -2.42. The first kappa shape index (κ1) is 15.8. The van der Waals surface area contributed by atoms with Crippen LogP contribution in [0, 0.1) is 0 Å². The Kier molecular flexibility index (Phi) is 4.53. The largest absolute Gasteiger partial charge is 0.399 e. The van der Waals surface area contributed by atoms with Gasteiger partial charge in [-0.05, 0) is 37.7 Å². The summed E-state index contributed by atoms with van der Waals surface area (Å²) in [7, 11) is 0.559. The van der Waals surface area contributed by atoms with Gasteiger partial charge >= 0.3 is 0 Å². The molecule has 1 aromatic carbocycles. The van der Waals surface area contributed by atoms with Crippen LogP contribution >= 0.6 is 0 Å². The normalized spacial score (nSPS) is 20.6. The number of anilines is 2. The third kappa shape index (κ3) is 3.95. The number of sulfone groups is 1. The van der Waals surface area contributed by atoms with E-state index in [0.717, 1.165) is 5.69 Å². The molecule has 7 heteroatoms. The van der Waals surface area contributed by atoms with Gasteiger partial charge in [-0.15, -0.1) is 0 Å². The van der Waals surface area contributed by atoms with E-state index in [1.54, 1.807) is 43.3 Å². The van der Waals surface area contributed by atoms with Crippen LogP contribution in [0.4, 0.5) is 11.4 Å². The number of amides is 1. The number of benzene rings is 1. The maximum Gasteiger partial charge on any atom is 0.240 e. The first-order valence-electron chi connectivity index (χ1n) is 6.81. The number of hydrogen-bond donors (Lipinski definition) is 1. The van der Waals surface area contributed by atoms with E-state index in [1.165, 1.54) is 0 Å². The van der Waals surface area contributed by atoms with Crippen molar-refractivity contribution in [2.24, 2.45) is 0 Å². The Morgan fingerprint density at radius 3 is 2.43 bits per heavy atom. The highest BCUT2D eigenvalue weighted by Crippen LogP contribution is 2.18. The molecule has 0 spiro atoms. The highest BCUT2D eigenvalue weighted by Gasteiger charge is 2.31. The molecule has 116 valence electrons. The number of likely N-dealkylation sites (N-methyl/N-ethyl adjacent to an activating group) is 2. The summed E-state index contributed by atoms with van der Waals surface area (Å²) in [6.07, 6.45) is 0.595. The van der Waals surface area contributed by atoms with Crippen molar-refractivity contribution in [1.29, 1.82) is 0 Å². The molecule has 0 radical (unpaired) electrons. The third-order valence-electron chi connectivity index (χ3n) is 3.87. The van der Waals surface area contributed by atoms with Crippen LogP contribution < -0.4 is 10.6 Å². The first-order valence-corrected chi connectivity index (χ1v) is 8.63. The zero-order valence-electron chi connectivity index (χ0n) is 12.3. The van der Waals surface area contributed by atoms with E-state index in [1.807, 2.05) is 4.90 Å². The van der Waals surface area contributed by atoms with Crippen molar-refractivity contribution in [3.63, 3.8) is 0 Å². The zero-order chi connectivity index (χ0) is 15.6. The standard InChI is InChI=1S/C14H21N3O3S/c1-16(13-7-8-21(19,20)10-13)9-14(18)17(2)12-5-3-11(15)4-6-12/h3-6,13H,7-10,15H2,1-2H3. The molecule has 1 aliphatic rings. The van der Waals surface area contributed by atoms with Gasteiger partial charge in [-0.2, -0.15) is 0 Å². The highest BCUT2D eigenvalue weighted by molar-refractivity contribution is 7.91. The Bertz CT molecular complexity index is 613. The second-order valence-corrected chi connectivity index (χ2v) is 7.74. The minimum absolute atomic E-state index is 0.0706. The molecule has 6 nitrogen and oxygen atoms in total. The summed E-state index contributed by atoms with van der Waals surface area (Å²) in [5.74, 6) is 0.276. The number of nitrogens with two attached hydrogens (primary N) is 1. The van der Waals surface area contributed by atoms with E-state index >= 15 is 0 Å². The molecule has 1 atom stereocenters. The van der Waals surface area contributed by atoms with Crippen LogP contribution in [-0.2, 0) is 14.6 Å². The first-order chi connectivity index (χ1) is 9.78. The van der Waals surface area contributed by atoms with E-state index in [2.05, 4.69) is 0 Å². The summed E-state index contributed by atoms with van der Waals surface area (Å²) in [6, 6.07) is 6.98. The second kappa shape index (κ2) is 6.03. The monoisotopic (exact) mass is 311 g/mol. The average Bonchev–Trinajstić information content (AvgIpc) is 2.79. The van der Waals surface area contributed by atoms with Crippen molar-refractivity contribution in [2.45, 2.75) is 12.5 Å². The molecule has 1 unspecified atom stereocenters. The van der Waals surface area contributed by atoms with Crippen LogP contribution in [0.15, 0.2) is 24.3 Å². The Morgan fingerprint density at radius 2 is 1.90 bits per heavy atom. The van der Waals surface area contributed by atoms with Gasteiger partial charge in [-0.1, -0.05) is 0 Å². The molecule has 1 saturated heterocycles. The summed E-state index contributed by atoms with van der Waals surface area (Å²) in [4.78, 5) is 15.6. The van der Waals surface area contributed by atoms with Gasteiger partial charge in [0.05, 0.1) is 18.1 Å². The Labute approximate surface area is 125 Å². The molecule has 0 saturated carbocycles. The Balaban J connectivity index is 1.96. The lowest BCUT2D eigenvalue weighted by Gasteiger charge is -2.25. The molecule has 1 fully saturated rings. The molecule has 1 heterocycles. The molecule has 2 rings (SSSR count). The topological polar surface area (TPSA) is 83.7 Å². The fourth-order valence-electron chi connectivity index (χ4n) is 2.41. The van der Waals surface area contributed by atoms with Crippen LogP contribution in [0.2, 0.25) is 0 Å². The van der Waals surface area contributed by atoms with Gasteiger partial charge in [0.1, 0.15) is 0 Å². The maximum absolute atomic E-state index is 12.3. The number of nitrogens with zero attached hydrogens (tertiary/aromatic N) is 2. The van der Waals surface area contributed by atoms with E-state index in [9.17, 15) is 13.2 Å². The minimum atomic E-state index is -2.93. The zero-order valence-corrected chi connectivity index (χ0v) is 13.1. The highest BCUT2D eigenvalue weighted by atomic mass is 32.2. The van der Waals surface area contributed by atoms with Crippen LogP contribution in [-0.4, -0.2) is 57.4 Å². The molecule has 2 N–H and O–H groups in total. The summed E-state index contributed by atoms with van der Waals surface area (Å²) in [6.45, 7) is 0.195. The van der Waals surface area contributed by atoms with Gasteiger partial charge in [-0.3, -0.25) is 9.69 Å². The molecule has 1 amide bonds. The van der Waals surface area contributed by atoms with E-state index in [4.69, 9.17) is 5.73 Å². The van der Waals surface area contributed by atoms with Crippen LogP contribution in [0.3, 0.4) is 0 Å². The van der Waals surface area contributed by atoms with E-state index in [0.29, 0.717) is 12.1 Å². The van der Waals surface area contributed by atoms with E-state index < -0.39 is 9.84 Å². The van der Waals surface area contributed by atoms with Crippen molar-refractivity contribution in [2.75, 3.05) is 42.8 Å². The van der Waals surface area contributed by atoms with Crippen LogP contribution in [0.5, 0.6) is 0 Å². The molecule has 0 aromatic heterocycles. The number of rotatable bonds is 4. The van der Waals surface area contributed by atoms with Gasteiger partial charge in [0.15, 0.2) is 9.84 Å². The maximum atomic E-state index is 12.3. The SMILES string of the molecule is CN(C(=O)CN(C)C1CCS(=O)(=O)C1)c1ccc(N)cc1. The van der Waals surface area contributed by atoms with Crippen molar-refractivity contribution < 1.29 is 13.2 Å². The fourth-order valence-corrected chi connectivity index (χ4v) is 4.22. The van der Waals surface area contributed by atoms with E-state index in [-0.39, 0.29) is 30.0 Å². The molecule has 1 aromatic rings. The lowest BCUT2D eigenvalue weighted by atomic mass is 10.2. The number of carbonyl (C=O) groups excluding carboxylic acids is 1. The van der Waals surface area contributed by atoms with Crippen molar-refractivity contribution in [3.8, 4) is 0 Å². The van der Waals surface area contributed by atoms with Crippen molar-refractivity contribution in [1.82, 2.24) is 4.90 Å². The molecule has 0 aliphatic carbocycles. The predicted octanol–water partition coefficient (Wildman–Crippen LogP) is 0.351. The second-order valence-electron chi connectivity index (χ2n) is 5.52. The average molecular weight is 311 g/mol. The molecule has 21 heavy (non-hydrogen) atoms. The third-order valence-corrected chi connectivity index (χ3v) is 5.62. The smallest absolute Gasteiger partial charge is 0.240 e.